The van der Waals surface area contributed by atoms with Crippen molar-refractivity contribution in [2.45, 2.75) is 12.8 Å². The molecule has 12 heavy (non-hydrogen) atoms. The van der Waals surface area contributed by atoms with Crippen molar-refractivity contribution in [3.63, 3.8) is 0 Å². The molecule has 0 fully saturated rings. The molecule has 3 nitrogen and oxygen atoms in total. The molecule has 1 rings (SSSR count). The lowest BCUT2D eigenvalue weighted by Crippen LogP contribution is -1.97. The molecular weight excluding hydrogens is 150 g/mol. The van der Waals surface area contributed by atoms with Gasteiger partial charge in [-0.3, -0.25) is 4.68 Å². The van der Waals surface area contributed by atoms with Gasteiger partial charge in [0.05, 0.1) is 6.20 Å². The molecule has 0 aliphatic carbocycles. The van der Waals surface area contributed by atoms with Gasteiger partial charge in [0.1, 0.15) is 5.69 Å². The first-order valence-corrected chi connectivity index (χ1v) is 4.01. The summed E-state index contributed by atoms with van der Waals surface area (Å²) in [5.41, 5.74) is 6.28. The van der Waals surface area contributed by atoms with Gasteiger partial charge in [-0.25, -0.2) is 0 Å². The van der Waals surface area contributed by atoms with Crippen molar-refractivity contribution in [2.75, 3.05) is 6.54 Å². The van der Waals surface area contributed by atoms with Gasteiger partial charge in [0.25, 0.3) is 0 Å². The zero-order valence-corrected chi connectivity index (χ0v) is 7.25. The van der Waals surface area contributed by atoms with Gasteiger partial charge in [0, 0.05) is 13.5 Å². The lowest BCUT2D eigenvalue weighted by Gasteiger charge is -1.89. The van der Waals surface area contributed by atoms with Gasteiger partial charge in [0.15, 0.2) is 0 Å². The summed E-state index contributed by atoms with van der Waals surface area (Å²) in [6.45, 7) is 0.708. The van der Waals surface area contributed by atoms with Gasteiger partial charge >= 0.3 is 0 Å². The fraction of sp³-hybridized carbons (Fsp3) is 0.444. The second-order valence-corrected chi connectivity index (χ2v) is 2.53. The van der Waals surface area contributed by atoms with Crippen LogP contribution in [0.3, 0.4) is 0 Å². The minimum atomic E-state index is 0.708. The molecule has 0 aromatic carbocycles. The van der Waals surface area contributed by atoms with E-state index in [2.05, 4.69) is 16.9 Å². The van der Waals surface area contributed by atoms with Gasteiger partial charge in [-0.05, 0) is 25.0 Å². The first kappa shape index (κ1) is 8.82. The Labute approximate surface area is 72.6 Å². The molecule has 64 valence electrons. The van der Waals surface area contributed by atoms with Crippen molar-refractivity contribution >= 4 is 0 Å². The van der Waals surface area contributed by atoms with Gasteiger partial charge in [-0.2, -0.15) is 5.10 Å². The van der Waals surface area contributed by atoms with Gasteiger partial charge < -0.3 is 5.73 Å². The number of hydrogen-bond donors (Lipinski definition) is 1. The van der Waals surface area contributed by atoms with Crippen LogP contribution in [0.25, 0.3) is 0 Å². The number of aromatic nitrogens is 2. The Bertz CT molecular complexity index is 290. The number of nitrogens with two attached hydrogens (primary N) is 1. The van der Waals surface area contributed by atoms with E-state index >= 15 is 0 Å². The van der Waals surface area contributed by atoms with E-state index in [1.54, 1.807) is 10.9 Å². The van der Waals surface area contributed by atoms with Crippen molar-refractivity contribution in [1.29, 1.82) is 0 Å². The van der Waals surface area contributed by atoms with Crippen LogP contribution in [0.2, 0.25) is 0 Å². The average molecular weight is 163 g/mol. The lowest BCUT2D eigenvalue weighted by atomic mass is 10.3. The maximum absolute atomic E-state index is 5.33. The van der Waals surface area contributed by atoms with Crippen LogP contribution in [-0.4, -0.2) is 16.3 Å². The van der Waals surface area contributed by atoms with Crippen LogP contribution < -0.4 is 5.73 Å². The average Bonchev–Trinajstić information content (AvgIpc) is 2.46. The fourth-order valence-electron chi connectivity index (χ4n) is 0.840. The Morgan fingerprint density at radius 3 is 3.08 bits per heavy atom. The molecule has 3 heteroatoms. The third-order valence-electron chi connectivity index (χ3n) is 1.54. The molecule has 1 aromatic rings. The first-order chi connectivity index (χ1) is 5.84. The van der Waals surface area contributed by atoms with Crippen LogP contribution in [0.1, 0.15) is 18.5 Å². The summed E-state index contributed by atoms with van der Waals surface area (Å²) in [4.78, 5) is 0. The van der Waals surface area contributed by atoms with Crippen molar-refractivity contribution in [3.05, 3.63) is 18.0 Å². The molecule has 0 amide bonds. The fourth-order valence-corrected chi connectivity index (χ4v) is 0.840. The summed E-state index contributed by atoms with van der Waals surface area (Å²) in [5.74, 6) is 6.06. The molecule has 0 radical (unpaired) electrons. The van der Waals surface area contributed by atoms with Crippen molar-refractivity contribution in [1.82, 2.24) is 9.78 Å². The first-order valence-electron chi connectivity index (χ1n) is 4.01. The van der Waals surface area contributed by atoms with Gasteiger partial charge in [0.2, 0.25) is 0 Å². The summed E-state index contributed by atoms with van der Waals surface area (Å²) in [5, 5.41) is 4.00. The smallest absolute Gasteiger partial charge is 0.110 e. The second-order valence-electron chi connectivity index (χ2n) is 2.53. The molecule has 0 unspecified atom stereocenters. The van der Waals surface area contributed by atoms with E-state index in [0.29, 0.717) is 6.54 Å². The third kappa shape index (κ3) is 2.40. The highest BCUT2D eigenvalue weighted by Gasteiger charge is 1.89. The third-order valence-corrected chi connectivity index (χ3v) is 1.54. The standard InChI is InChI=1S/C9H13N3/c1-12-9(6-8-11-12)5-3-2-4-7-10/h6,8H,2,4,7,10H2,1H3. The number of nitrogens with zero attached hydrogens (tertiary/aromatic N) is 2. The number of aryl methyl sites for hydroxylation is 1. The quantitative estimate of drug-likeness (QED) is 0.510. The largest absolute Gasteiger partial charge is 0.330 e. The summed E-state index contributed by atoms with van der Waals surface area (Å²) < 4.78 is 1.76. The Balaban J connectivity index is 2.49. The SMILES string of the molecule is Cn1nccc1C#CCCCN. The maximum atomic E-state index is 5.33. The van der Waals surface area contributed by atoms with E-state index in [1.807, 2.05) is 13.1 Å². The van der Waals surface area contributed by atoms with Crippen LogP contribution >= 0.6 is 0 Å². The molecule has 0 bridgehead atoms. The van der Waals surface area contributed by atoms with Crippen LogP contribution in [0.5, 0.6) is 0 Å². The van der Waals surface area contributed by atoms with E-state index in [4.69, 9.17) is 5.73 Å². The van der Waals surface area contributed by atoms with Crippen molar-refractivity contribution in [3.8, 4) is 11.8 Å². The molecule has 2 N–H and O–H groups in total. The highest BCUT2D eigenvalue weighted by atomic mass is 15.2. The van der Waals surface area contributed by atoms with Crippen LogP contribution in [0.4, 0.5) is 0 Å². The Morgan fingerprint density at radius 2 is 2.50 bits per heavy atom. The van der Waals surface area contributed by atoms with Crippen molar-refractivity contribution < 1.29 is 0 Å². The van der Waals surface area contributed by atoms with Crippen LogP contribution in [0.15, 0.2) is 12.3 Å². The van der Waals surface area contributed by atoms with Gasteiger partial charge in [-0.1, -0.05) is 5.92 Å². The van der Waals surface area contributed by atoms with E-state index in [-0.39, 0.29) is 0 Å². The molecular formula is C9H13N3. The Hall–Kier alpha value is -1.27. The normalized spacial score (nSPS) is 9.17. The minimum Gasteiger partial charge on any atom is -0.330 e. The van der Waals surface area contributed by atoms with E-state index < -0.39 is 0 Å². The Kier molecular flexibility index (Phi) is 3.36. The number of rotatable bonds is 2. The van der Waals surface area contributed by atoms with E-state index in [9.17, 15) is 0 Å². The molecule has 1 heterocycles. The monoisotopic (exact) mass is 163 g/mol. The zero-order chi connectivity index (χ0) is 8.81. The number of hydrogen-bond acceptors (Lipinski definition) is 2. The lowest BCUT2D eigenvalue weighted by molar-refractivity contribution is 0.757. The second kappa shape index (κ2) is 4.58. The number of unbranched alkanes of at least 4 members (excludes halogenated alkanes) is 1. The predicted octanol–water partition coefficient (Wildman–Crippen LogP) is 0.511. The van der Waals surface area contributed by atoms with E-state index in [0.717, 1.165) is 18.5 Å². The minimum absolute atomic E-state index is 0.708. The summed E-state index contributed by atoms with van der Waals surface area (Å²) in [6, 6.07) is 1.90. The molecule has 1 aromatic heterocycles. The predicted molar refractivity (Wildman–Crippen MR) is 48.4 cm³/mol. The summed E-state index contributed by atoms with van der Waals surface area (Å²) in [6.07, 6.45) is 3.57. The topological polar surface area (TPSA) is 43.8 Å². The molecule has 0 saturated carbocycles. The highest BCUT2D eigenvalue weighted by Crippen LogP contribution is 1.92. The highest BCUT2D eigenvalue weighted by molar-refractivity contribution is 5.26. The Morgan fingerprint density at radius 1 is 1.67 bits per heavy atom. The van der Waals surface area contributed by atoms with Crippen LogP contribution in [0, 0.1) is 11.8 Å². The van der Waals surface area contributed by atoms with Crippen LogP contribution in [-0.2, 0) is 7.05 Å². The summed E-state index contributed by atoms with van der Waals surface area (Å²) in [7, 11) is 1.88. The van der Waals surface area contributed by atoms with Gasteiger partial charge in [-0.15, -0.1) is 0 Å². The summed E-state index contributed by atoms with van der Waals surface area (Å²) >= 11 is 0. The molecule has 0 saturated heterocycles. The van der Waals surface area contributed by atoms with E-state index in [1.165, 1.54) is 0 Å². The maximum Gasteiger partial charge on any atom is 0.110 e. The molecule has 0 aliphatic rings. The zero-order valence-electron chi connectivity index (χ0n) is 7.25. The molecule has 0 atom stereocenters. The molecule has 0 spiro atoms. The van der Waals surface area contributed by atoms with Crippen molar-refractivity contribution in [2.24, 2.45) is 12.8 Å². The molecule has 0 aliphatic heterocycles.